The van der Waals surface area contributed by atoms with E-state index in [0.717, 1.165) is 28.1 Å². The Morgan fingerprint density at radius 1 is 1.06 bits per heavy atom. The monoisotopic (exact) mass is 425 g/mol. The molecule has 0 atom stereocenters. The molecule has 8 heteroatoms. The number of amides is 1. The highest BCUT2D eigenvalue weighted by molar-refractivity contribution is 5.99. The maximum absolute atomic E-state index is 11.6. The lowest BCUT2D eigenvalue weighted by Gasteiger charge is -2.27. The summed E-state index contributed by atoms with van der Waals surface area (Å²) in [6.07, 6.45) is 6.35. The van der Waals surface area contributed by atoms with Gasteiger partial charge in [-0.05, 0) is 55.2 Å². The van der Waals surface area contributed by atoms with E-state index in [0.29, 0.717) is 23.1 Å². The average Bonchev–Trinajstić information content (AvgIpc) is 3.18. The van der Waals surface area contributed by atoms with Gasteiger partial charge in [0.05, 0.1) is 0 Å². The van der Waals surface area contributed by atoms with Crippen LogP contribution >= 0.6 is 0 Å². The first-order valence-electron chi connectivity index (χ1n) is 10.5. The number of nitrogens with two attached hydrogens (primary N) is 1. The molecule has 2 aromatic heterocycles. The zero-order chi connectivity index (χ0) is 22.1. The highest BCUT2D eigenvalue weighted by Gasteiger charge is 2.21. The van der Waals surface area contributed by atoms with Crippen molar-refractivity contribution in [3.8, 4) is 22.4 Å². The van der Waals surface area contributed by atoms with Crippen LogP contribution in [-0.4, -0.2) is 31.8 Å². The van der Waals surface area contributed by atoms with Crippen molar-refractivity contribution in [2.45, 2.75) is 25.3 Å². The van der Waals surface area contributed by atoms with Gasteiger partial charge in [-0.1, -0.05) is 30.8 Å². The predicted octanol–water partition coefficient (Wildman–Crippen LogP) is 4.13. The summed E-state index contributed by atoms with van der Waals surface area (Å²) < 4.78 is 1.51. The average molecular weight is 425 g/mol. The SMILES string of the molecule is C=CC(=O)Nc1ccc(-c2nn3ncnc(N)c3c2-c2ccc(NC3CCC3)cc2)cc1. The van der Waals surface area contributed by atoms with E-state index in [1.54, 1.807) is 0 Å². The van der Waals surface area contributed by atoms with Crippen LogP contribution in [0, 0.1) is 0 Å². The maximum Gasteiger partial charge on any atom is 0.247 e. The Kier molecular flexibility index (Phi) is 5.03. The van der Waals surface area contributed by atoms with Gasteiger partial charge >= 0.3 is 0 Å². The third-order valence-electron chi connectivity index (χ3n) is 5.73. The van der Waals surface area contributed by atoms with E-state index in [1.807, 2.05) is 24.3 Å². The van der Waals surface area contributed by atoms with Gasteiger partial charge in [-0.15, -0.1) is 14.8 Å². The van der Waals surface area contributed by atoms with Gasteiger partial charge in [-0.2, -0.15) is 0 Å². The second kappa shape index (κ2) is 8.14. The summed E-state index contributed by atoms with van der Waals surface area (Å²) in [6, 6.07) is 16.3. The number of nitrogen functional groups attached to an aromatic ring is 1. The van der Waals surface area contributed by atoms with Crippen molar-refractivity contribution in [2.24, 2.45) is 0 Å². The van der Waals surface area contributed by atoms with Crippen molar-refractivity contribution in [1.29, 1.82) is 0 Å². The van der Waals surface area contributed by atoms with Gasteiger partial charge in [0.1, 0.15) is 17.5 Å². The summed E-state index contributed by atoms with van der Waals surface area (Å²) in [5.41, 5.74) is 12.1. The predicted molar refractivity (Wildman–Crippen MR) is 126 cm³/mol. The lowest BCUT2D eigenvalue weighted by molar-refractivity contribution is -0.111. The number of fused-ring (bicyclic) bond motifs is 1. The first-order valence-corrected chi connectivity index (χ1v) is 10.5. The van der Waals surface area contributed by atoms with Gasteiger partial charge in [-0.3, -0.25) is 4.79 Å². The largest absolute Gasteiger partial charge is 0.382 e. The van der Waals surface area contributed by atoms with E-state index in [9.17, 15) is 4.79 Å². The van der Waals surface area contributed by atoms with Crippen LogP contribution in [0.5, 0.6) is 0 Å². The molecule has 5 rings (SSSR count). The molecule has 0 bridgehead atoms. The third-order valence-corrected chi connectivity index (χ3v) is 5.73. The van der Waals surface area contributed by atoms with E-state index in [2.05, 4.69) is 56.7 Å². The Bertz CT molecular complexity index is 1290. The van der Waals surface area contributed by atoms with Crippen molar-refractivity contribution in [1.82, 2.24) is 19.8 Å². The fourth-order valence-electron chi connectivity index (χ4n) is 3.82. The molecule has 1 saturated carbocycles. The number of hydrogen-bond acceptors (Lipinski definition) is 6. The molecule has 0 spiro atoms. The number of benzene rings is 2. The zero-order valence-electron chi connectivity index (χ0n) is 17.5. The van der Waals surface area contributed by atoms with Crippen LogP contribution in [0.25, 0.3) is 27.9 Å². The molecule has 160 valence electrons. The minimum atomic E-state index is -0.259. The Hall–Kier alpha value is -4.20. The van der Waals surface area contributed by atoms with Gasteiger partial charge in [0.25, 0.3) is 0 Å². The van der Waals surface area contributed by atoms with Gasteiger partial charge in [0.15, 0.2) is 5.82 Å². The second-order valence-corrected chi connectivity index (χ2v) is 7.83. The van der Waals surface area contributed by atoms with Crippen molar-refractivity contribution < 1.29 is 4.79 Å². The number of nitrogens with one attached hydrogen (secondary N) is 2. The quantitative estimate of drug-likeness (QED) is 0.401. The van der Waals surface area contributed by atoms with E-state index in [-0.39, 0.29) is 5.91 Å². The van der Waals surface area contributed by atoms with E-state index >= 15 is 0 Å². The number of nitrogens with zero attached hydrogens (tertiary/aromatic N) is 4. The lowest BCUT2D eigenvalue weighted by Crippen LogP contribution is -2.26. The topological polar surface area (TPSA) is 110 Å². The van der Waals surface area contributed by atoms with Gasteiger partial charge in [-0.25, -0.2) is 4.98 Å². The fraction of sp³-hybridized carbons (Fsp3) is 0.167. The Balaban J connectivity index is 1.56. The van der Waals surface area contributed by atoms with Gasteiger partial charge < -0.3 is 16.4 Å². The molecule has 1 amide bonds. The normalized spacial score (nSPS) is 13.5. The standard InChI is InChI=1S/C24H23N7O/c1-2-20(32)29-19-12-8-16(9-13-19)22-21(23-24(25)26-14-27-31(23)30-22)15-6-10-18(11-7-15)28-17-4-3-5-17/h2,6-14,17,28H,1,3-5H2,(H,29,32)(H2,25,26,27). The minimum absolute atomic E-state index is 0.259. The minimum Gasteiger partial charge on any atom is -0.382 e. The molecule has 0 saturated heterocycles. The first kappa shape index (κ1) is 19.7. The molecule has 2 aromatic carbocycles. The summed E-state index contributed by atoms with van der Waals surface area (Å²) in [5.74, 6) is 0.102. The number of anilines is 3. The molecule has 0 aliphatic heterocycles. The Morgan fingerprint density at radius 3 is 2.41 bits per heavy atom. The van der Waals surface area contributed by atoms with E-state index in [1.165, 1.54) is 36.3 Å². The summed E-state index contributed by atoms with van der Waals surface area (Å²) in [4.78, 5) is 15.7. The number of hydrogen-bond donors (Lipinski definition) is 3. The number of aromatic nitrogens is 4. The molecule has 1 aliphatic rings. The van der Waals surface area contributed by atoms with Crippen LogP contribution in [-0.2, 0) is 4.79 Å². The highest BCUT2D eigenvalue weighted by atomic mass is 16.1. The number of carbonyl (C=O) groups is 1. The van der Waals surface area contributed by atoms with Crippen LogP contribution in [0.3, 0.4) is 0 Å². The molecule has 0 unspecified atom stereocenters. The highest BCUT2D eigenvalue weighted by Crippen LogP contribution is 2.37. The molecule has 4 N–H and O–H groups in total. The molecular weight excluding hydrogens is 402 g/mol. The van der Waals surface area contributed by atoms with Crippen molar-refractivity contribution >= 4 is 28.6 Å². The molecular formula is C24H23N7O. The molecule has 0 radical (unpaired) electrons. The van der Waals surface area contributed by atoms with Crippen LogP contribution in [0.15, 0.2) is 67.5 Å². The molecule has 1 aliphatic carbocycles. The van der Waals surface area contributed by atoms with E-state index in [4.69, 9.17) is 5.73 Å². The van der Waals surface area contributed by atoms with Crippen molar-refractivity contribution in [2.75, 3.05) is 16.4 Å². The number of rotatable bonds is 6. The lowest BCUT2D eigenvalue weighted by atomic mass is 9.93. The number of carbonyl (C=O) groups excluding carboxylic acids is 1. The second-order valence-electron chi connectivity index (χ2n) is 7.83. The summed E-state index contributed by atoms with van der Waals surface area (Å²) in [6.45, 7) is 3.48. The first-order chi connectivity index (χ1) is 15.6. The van der Waals surface area contributed by atoms with Crippen LogP contribution in [0.4, 0.5) is 17.2 Å². The van der Waals surface area contributed by atoms with Gasteiger partial charge in [0, 0.05) is 28.5 Å². The zero-order valence-corrected chi connectivity index (χ0v) is 17.5. The third kappa shape index (κ3) is 3.66. The Morgan fingerprint density at radius 2 is 1.75 bits per heavy atom. The van der Waals surface area contributed by atoms with Gasteiger partial charge in [0.2, 0.25) is 5.91 Å². The van der Waals surface area contributed by atoms with Crippen LogP contribution in [0.2, 0.25) is 0 Å². The van der Waals surface area contributed by atoms with Crippen LogP contribution < -0.4 is 16.4 Å². The molecule has 8 nitrogen and oxygen atoms in total. The van der Waals surface area contributed by atoms with Crippen molar-refractivity contribution in [3.63, 3.8) is 0 Å². The van der Waals surface area contributed by atoms with E-state index < -0.39 is 0 Å². The Labute approximate surface area is 185 Å². The molecule has 2 heterocycles. The summed E-state index contributed by atoms with van der Waals surface area (Å²) in [7, 11) is 0. The summed E-state index contributed by atoms with van der Waals surface area (Å²) in [5, 5.41) is 15.3. The maximum atomic E-state index is 11.6. The molecule has 32 heavy (non-hydrogen) atoms. The fourth-order valence-corrected chi connectivity index (χ4v) is 3.82. The molecule has 4 aromatic rings. The summed E-state index contributed by atoms with van der Waals surface area (Å²) >= 11 is 0. The van der Waals surface area contributed by atoms with Crippen LogP contribution in [0.1, 0.15) is 19.3 Å². The molecule has 1 fully saturated rings. The smallest absolute Gasteiger partial charge is 0.247 e. The van der Waals surface area contributed by atoms with Crippen molar-refractivity contribution in [3.05, 3.63) is 67.5 Å².